The van der Waals surface area contributed by atoms with Crippen molar-refractivity contribution in [3.05, 3.63) is 59.7 Å². The molecule has 33 heavy (non-hydrogen) atoms. The van der Waals surface area contributed by atoms with E-state index in [0.29, 0.717) is 18.0 Å². The van der Waals surface area contributed by atoms with Crippen LogP contribution in [0.15, 0.2) is 48.5 Å². The SMILES string of the molecule is COc1ccc([C@@H]2NN(Cc3ccccc3)[C@@H]3C(=O)N(C4CCCCC4)C(=O)[C@@H]32)c(OC)c1. The van der Waals surface area contributed by atoms with E-state index in [1.165, 1.54) is 6.42 Å². The van der Waals surface area contributed by atoms with Gasteiger partial charge in [-0.1, -0.05) is 49.6 Å². The fourth-order valence-corrected chi connectivity index (χ4v) is 5.65. The molecule has 5 rings (SSSR count). The van der Waals surface area contributed by atoms with Gasteiger partial charge in [-0.25, -0.2) is 10.4 Å². The van der Waals surface area contributed by atoms with Gasteiger partial charge in [0.25, 0.3) is 0 Å². The maximum atomic E-state index is 13.8. The van der Waals surface area contributed by atoms with Crippen LogP contribution in [-0.4, -0.2) is 48.0 Å². The van der Waals surface area contributed by atoms with Crippen LogP contribution in [0.25, 0.3) is 0 Å². The van der Waals surface area contributed by atoms with E-state index in [9.17, 15) is 9.59 Å². The molecule has 0 radical (unpaired) electrons. The number of hydrazine groups is 1. The van der Waals surface area contributed by atoms with Gasteiger partial charge >= 0.3 is 0 Å². The molecule has 1 saturated carbocycles. The largest absolute Gasteiger partial charge is 0.497 e. The molecule has 1 N–H and O–H groups in total. The van der Waals surface area contributed by atoms with Gasteiger partial charge in [-0.3, -0.25) is 14.5 Å². The monoisotopic (exact) mass is 449 g/mol. The lowest BCUT2D eigenvalue weighted by Gasteiger charge is -2.32. The number of likely N-dealkylation sites (tertiary alicyclic amines) is 1. The van der Waals surface area contributed by atoms with Crippen molar-refractivity contribution in [3.8, 4) is 11.5 Å². The topological polar surface area (TPSA) is 71.1 Å². The summed E-state index contributed by atoms with van der Waals surface area (Å²) in [5.41, 5.74) is 5.44. The molecule has 2 aromatic carbocycles. The minimum atomic E-state index is -0.531. The molecule has 0 unspecified atom stereocenters. The Kier molecular flexibility index (Phi) is 6.08. The molecule has 2 heterocycles. The Balaban J connectivity index is 1.52. The second-order valence-electron chi connectivity index (χ2n) is 9.14. The van der Waals surface area contributed by atoms with Gasteiger partial charge < -0.3 is 9.47 Å². The van der Waals surface area contributed by atoms with Crippen molar-refractivity contribution in [2.45, 2.75) is 56.8 Å². The summed E-state index contributed by atoms with van der Waals surface area (Å²) in [6.45, 7) is 0.536. The van der Waals surface area contributed by atoms with E-state index >= 15 is 0 Å². The van der Waals surface area contributed by atoms with Crippen molar-refractivity contribution in [3.63, 3.8) is 0 Å². The van der Waals surface area contributed by atoms with E-state index in [0.717, 1.165) is 36.8 Å². The van der Waals surface area contributed by atoms with E-state index in [1.807, 2.05) is 53.5 Å². The van der Waals surface area contributed by atoms with E-state index < -0.39 is 12.0 Å². The number of imide groups is 1. The Morgan fingerprint density at radius 2 is 1.70 bits per heavy atom. The fraction of sp³-hybridized carbons (Fsp3) is 0.462. The first-order valence-corrected chi connectivity index (χ1v) is 11.8. The van der Waals surface area contributed by atoms with E-state index in [1.54, 1.807) is 19.1 Å². The molecular weight excluding hydrogens is 418 g/mol. The highest BCUT2D eigenvalue weighted by molar-refractivity contribution is 6.08. The van der Waals surface area contributed by atoms with Crippen LogP contribution in [0.4, 0.5) is 0 Å². The minimum absolute atomic E-state index is 0.0151. The van der Waals surface area contributed by atoms with Gasteiger partial charge in [0.05, 0.1) is 26.2 Å². The van der Waals surface area contributed by atoms with Crippen molar-refractivity contribution < 1.29 is 19.1 Å². The number of ether oxygens (including phenoxy) is 2. The lowest BCUT2D eigenvalue weighted by atomic mass is 9.90. The number of rotatable bonds is 6. The molecule has 0 aromatic heterocycles. The fourth-order valence-electron chi connectivity index (χ4n) is 5.65. The first-order valence-electron chi connectivity index (χ1n) is 11.8. The van der Waals surface area contributed by atoms with E-state index in [-0.39, 0.29) is 23.9 Å². The Morgan fingerprint density at radius 3 is 2.39 bits per heavy atom. The molecular formula is C26H31N3O4. The third-order valence-corrected chi connectivity index (χ3v) is 7.26. The number of nitrogens with one attached hydrogen (secondary N) is 1. The zero-order valence-electron chi connectivity index (χ0n) is 19.2. The predicted octanol–water partition coefficient (Wildman–Crippen LogP) is 3.45. The maximum Gasteiger partial charge on any atom is 0.249 e. The molecule has 0 bridgehead atoms. The summed E-state index contributed by atoms with van der Waals surface area (Å²) in [6, 6.07) is 14.8. The third-order valence-electron chi connectivity index (χ3n) is 7.26. The second kappa shape index (κ2) is 9.15. The molecule has 2 aliphatic heterocycles. The lowest BCUT2D eigenvalue weighted by molar-refractivity contribution is -0.145. The number of hydrogen-bond donors (Lipinski definition) is 1. The Hall–Kier alpha value is -2.90. The Labute approximate surface area is 194 Å². The smallest absolute Gasteiger partial charge is 0.249 e. The maximum absolute atomic E-state index is 13.8. The summed E-state index contributed by atoms with van der Waals surface area (Å²) in [5, 5.41) is 1.96. The standard InChI is InChI=1S/C26H31N3O4/c1-32-19-13-14-20(21(15-19)33-2)23-22-24(28(27-23)16-17-9-5-3-6-10-17)26(31)29(25(22)30)18-11-7-4-8-12-18/h3,5-6,9-10,13-15,18,22-24,27H,4,7-8,11-12,16H2,1-2H3/t22-,23+,24+/m1/s1. The van der Waals surface area contributed by atoms with Crippen LogP contribution in [0.1, 0.15) is 49.3 Å². The number of methoxy groups -OCH3 is 2. The zero-order chi connectivity index (χ0) is 22.9. The van der Waals surface area contributed by atoms with Gasteiger partial charge in [0.15, 0.2) is 0 Å². The van der Waals surface area contributed by atoms with Crippen LogP contribution in [0.5, 0.6) is 11.5 Å². The molecule has 3 atom stereocenters. The van der Waals surface area contributed by atoms with Gasteiger partial charge in [0.1, 0.15) is 17.5 Å². The first-order chi connectivity index (χ1) is 16.1. The van der Waals surface area contributed by atoms with Crippen LogP contribution >= 0.6 is 0 Å². The molecule has 7 nitrogen and oxygen atoms in total. The number of nitrogens with zero attached hydrogens (tertiary/aromatic N) is 2. The molecule has 2 amide bonds. The van der Waals surface area contributed by atoms with Gasteiger partial charge in [0.2, 0.25) is 11.8 Å². The highest BCUT2D eigenvalue weighted by Crippen LogP contribution is 2.45. The summed E-state index contributed by atoms with van der Waals surface area (Å²) < 4.78 is 11.0. The van der Waals surface area contributed by atoms with Crippen LogP contribution in [0.3, 0.4) is 0 Å². The highest BCUT2D eigenvalue weighted by atomic mass is 16.5. The highest BCUT2D eigenvalue weighted by Gasteiger charge is 2.60. The van der Waals surface area contributed by atoms with Crippen molar-refractivity contribution in [2.24, 2.45) is 5.92 Å². The van der Waals surface area contributed by atoms with Crippen LogP contribution in [0.2, 0.25) is 0 Å². The first kappa shape index (κ1) is 21.9. The number of fused-ring (bicyclic) bond motifs is 1. The van der Waals surface area contributed by atoms with Gasteiger partial charge in [-0.15, -0.1) is 0 Å². The van der Waals surface area contributed by atoms with E-state index in [4.69, 9.17) is 9.47 Å². The molecule has 3 aliphatic rings. The van der Waals surface area contributed by atoms with E-state index in [2.05, 4.69) is 5.43 Å². The van der Waals surface area contributed by atoms with Crippen LogP contribution in [0, 0.1) is 5.92 Å². The molecule has 2 aromatic rings. The molecule has 1 aliphatic carbocycles. The predicted molar refractivity (Wildman–Crippen MR) is 123 cm³/mol. The summed E-state index contributed by atoms with van der Waals surface area (Å²) in [5.74, 6) is 0.691. The normalized spacial score (nSPS) is 26.0. The average Bonchev–Trinajstić information content (AvgIpc) is 3.35. The second-order valence-corrected chi connectivity index (χ2v) is 9.14. The molecule has 3 fully saturated rings. The van der Waals surface area contributed by atoms with Crippen LogP contribution < -0.4 is 14.9 Å². The number of carbonyl (C=O) groups is 2. The quantitative estimate of drug-likeness (QED) is 0.681. The minimum Gasteiger partial charge on any atom is -0.497 e. The molecule has 7 heteroatoms. The zero-order valence-corrected chi connectivity index (χ0v) is 19.2. The lowest BCUT2D eigenvalue weighted by Crippen LogP contribution is -2.48. The summed E-state index contributed by atoms with van der Waals surface area (Å²) >= 11 is 0. The number of hydrogen-bond acceptors (Lipinski definition) is 6. The summed E-state index contributed by atoms with van der Waals surface area (Å²) in [7, 11) is 3.23. The molecule has 0 spiro atoms. The number of benzene rings is 2. The Morgan fingerprint density at radius 1 is 0.939 bits per heavy atom. The van der Waals surface area contributed by atoms with Gasteiger partial charge in [-0.05, 0) is 30.5 Å². The summed E-state index contributed by atoms with van der Waals surface area (Å²) in [4.78, 5) is 29.1. The third kappa shape index (κ3) is 3.89. The van der Waals surface area contributed by atoms with Crippen molar-refractivity contribution >= 4 is 11.8 Å². The number of carbonyl (C=O) groups excluding carboxylic acids is 2. The summed E-state index contributed by atoms with van der Waals surface area (Å²) in [6.07, 6.45) is 5.11. The van der Waals surface area contributed by atoms with Gasteiger partial charge in [-0.2, -0.15) is 0 Å². The van der Waals surface area contributed by atoms with Gasteiger partial charge in [0, 0.05) is 24.2 Å². The Bertz CT molecular complexity index is 1020. The average molecular weight is 450 g/mol. The van der Waals surface area contributed by atoms with Crippen molar-refractivity contribution in [1.82, 2.24) is 15.3 Å². The van der Waals surface area contributed by atoms with Crippen molar-refractivity contribution in [1.29, 1.82) is 0 Å². The molecule has 2 saturated heterocycles. The molecule has 174 valence electrons. The van der Waals surface area contributed by atoms with Crippen molar-refractivity contribution in [2.75, 3.05) is 14.2 Å². The number of amides is 2. The van der Waals surface area contributed by atoms with Crippen LogP contribution in [-0.2, 0) is 16.1 Å².